The van der Waals surface area contributed by atoms with Crippen molar-refractivity contribution in [3.63, 3.8) is 0 Å². The Morgan fingerprint density at radius 2 is 1.96 bits per heavy atom. The molecule has 2 N–H and O–H groups in total. The Labute approximate surface area is 155 Å². The first-order valence-electron chi connectivity index (χ1n) is 9.02. The van der Waals surface area contributed by atoms with Crippen molar-refractivity contribution in [2.45, 2.75) is 26.2 Å². The molecule has 1 aliphatic heterocycles. The number of ether oxygens (including phenoxy) is 2. The molecule has 0 radical (unpaired) electrons. The monoisotopic (exact) mass is 381 g/mol. The summed E-state index contributed by atoms with van der Waals surface area (Å²) in [6.45, 7) is 4.51. The van der Waals surface area contributed by atoms with E-state index < -0.39 is 9.84 Å². The van der Waals surface area contributed by atoms with Gasteiger partial charge in [0.2, 0.25) is 0 Å². The highest BCUT2D eigenvalue weighted by molar-refractivity contribution is 7.90. The predicted molar refractivity (Wildman–Crippen MR) is 103 cm³/mol. The molecular formula is C18H27N3O4S. The first-order chi connectivity index (χ1) is 12.4. The fraction of sp³-hybridized carbons (Fsp3) is 0.611. The maximum atomic E-state index is 11.6. The number of sulfone groups is 1. The first-order valence-corrected chi connectivity index (χ1v) is 11.1. The van der Waals surface area contributed by atoms with Crippen molar-refractivity contribution in [3.05, 3.63) is 18.2 Å². The molecule has 8 heteroatoms. The topological polar surface area (TPSA) is 89.0 Å². The highest BCUT2D eigenvalue weighted by Gasteiger charge is 2.45. The molecule has 26 heavy (non-hydrogen) atoms. The van der Waals surface area contributed by atoms with Gasteiger partial charge in [-0.15, -0.1) is 0 Å². The Kier molecular flexibility index (Phi) is 5.60. The number of aliphatic imine (C=N–C) groups is 1. The van der Waals surface area contributed by atoms with Crippen molar-refractivity contribution < 1.29 is 17.9 Å². The summed E-state index contributed by atoms with van der Waals surface area (Å²) in [5.41, 5.74) is 0.655. The molecule has 1 heterocycles. The zero-order valence-electron chi connectivity index (χ0n) is 15.4. The molecule has 0 atom stereocenters. The smallest absolute Gasteiger partial charge is 0.195 e. The number of hydrogen-bond donors (Lipinski definition) is 2. The molecule has 2 aliphatic rings. The van der Waals surface area contributed by atoms with E-state index in [9.17, 15) is 8.42 Å². The van der Waals surface area contributed by atoms with Gasteiger partial charge < -0.3 is 20.1 Å². The largest absolute Gasteiger partial charge is 0.490 e. The number of fused-ring (bicyclic) bond motifs is 1. The van der Waals surface area contributed by atoms with Crippen molar-refractivity contribution in [1.29, 1.82) is 0 Å². The van der Waals surface area contributed by atoms with Gasteiger partial charge in [-0.05, 0) is 31.9 Å². The number of rotatable bonds is 6. The fourth-order valence-electron chi connectivity index (χ4n) is 3.01. The second kappa shape index (κ2) is 7.73. The molecule has 1 saturated carbocycles. The van der Waals surface area contributed by atoms with Crippen LogP contribution in [0.1, 0.15) is 26.2 Å². The van der Waals surface area contributed by atoms with Crippen LogP contribution in [-0.2, 0) is 9.84 Å². The summed E-state index contributed by atoms with van der Waals surface area (Å²) < 4.78 is 34.6. The molecule has 144 valence electrons. The maximum Gasteiger partial charge on any atom is 0.195 e. The molecule has 0 spiro atoms. The van der Waals surface area contributed by atoms with Crippen LogP contribution in [0, 0.1) is 5.41 Å². The van der Waals surface area contributed by atoms with Gasteiger partial charge >= 0.3 is 0 Å². The van der Waals surface area contributed by atoms with E-state index in [-0.39, 0.29) is 11.2 Å². The quantitative estimate of drug-likeness (QED) is 0.579. The van der Waals surface area contributed by atoms with E-state index in [1.807, 2.05) is 25.1 Å². The summed E-state index contributed by atoms with van der Waals surface area (Å²) in [6.07, 6.45) is 3.97. The Morgan fingerprint density at radius 3 is 2.62 bits per heavy atom. The molecule has 0 aromatic heterocycles. The molecule has 7 nitrogen and oxygen atoms in total. The normalized spacial score (nSPS) is 18.8. The average Bonchev–Trinajstić information content (AvgIpc) is 3.35. The van der Waals surface area contributed by atoms with Gasteiger partial charge in [0, 0.05) is 42.9 Å². The van der Waals surface area contributed by atoms with Gasteiger partial charge in [-0.1, -0.05) is 0 Å². The Morgan fingerprint density at radius 1 is 1.23 bits per heavy atom. The Hall–Kier alpha value is -1.96. The minimum absolute atomic E-state index is 0.194. The molecule has 1 aromatic carbocycles. The lowest BCUT2D eigenvalue weighted by Crippen LogP contribution is -2.32. The Balaban J connectivity index is 1.69. The van der Waals surface area contributed by atoms with Crippen LogP contribution in [0.5, 0.6) is 11.5 Å². The van der Waals surface area contributed by atoms with Crippen LogP contribution >= 0.6 is 0 Å². The van der Waals surface area contributed by atoms with Crippen LogP contribution < -0.4 is 20.1 Å². The molecule has 1 fully saturated rings. The SMILES string of the molecule is CCNC(=NCC1(CS(C)(=O)=O)CC1)Nc1ccc2c(c1)OCCCO2. The van der Waals surface area contributed by atoms with Gasteiger partial charge in [-0.3, -0.25) is 4.99 Å². The Bertz CT molecular complexity index is 773. The number of anilines is 1. The van der Waals surface area contributed by atoms with E-state index in [0.717, 1.165) is 43.0 Å². The van der Waals surface area contributed by atoms with Crippen molar-refractivity contribution >= 4 is 21.5 Å². The molecule has 3 rings (SSSR count). The summed E-state index contributed by atoms with van der Waals surface area (Å²) in [5, 5.41) is 6.47. The highest BCUT2D eigenvalue weighted by Crippen LogP contribution is 2.46. The van der Waals surface area contributed by atoms with E-state index in [1.165, 1.54) is 6.26 Å². The van der Waals surface area contributed by atoms with Crippen LogP contribution in [-0.4, -0.2) is 52.7 Å². The number of guanidine groups is 1. The summed E-state index contributed by atoms with van der Waals surface area (Å²) in [7, 11) is -2.99. The van der Waals surface area contributed by atoms with Gasteiger partial charge in [0.1, 0.15) is 9.84 Å². The highest BCUT2D eigenvalue weighted by atomic mass is 32.2. The maximum absolute atomic E-state index is 11.6. The zero-order valence-corrected chi connectivity index (χ0v) is 16.2. The van der Waals surface area contributed by atoms with Gasteiger partial charge in [-0.25, -0.2) is 8.42 Å². The van der Waals surface area contributed by atoms with E-state index in [4.69, 9.17) is 9.47 Å². The van der Waals surface area contributed by atoms with Gasteiger partial charge in [0.25, 0.3) is 0 Å². The van der Waals surface area contributed by atoms with E-state index >= 15 is 0 Å². The molecule has 0 amide bonds. The van der Waals surface area contributed by atoms with Crippen LogP contribution in [0.3, 0.4) is 0 Å². The molecule has 0 saturated heterocycles. The lowest BCUT2D eigenvalue weighted by atomic mass is 10.1. The third-order valence-corrected chi connectivity index (χ3v) is 5.59. The van der Waals surface area contributed by atoms with Crippen molar-refractivity contribution in [1.82, 2.24) is 5.32 Å². The fourth-order valence-corrected chi connectivity index (χ4v) is 4.50. The van der Waals surface area contributed by atoms with E-state index in [0.29, 0.717) is 25.7 Å². The predicted octanol–water partition coefficient (Wildman–Crippen LogP) is 2.05. The number of nitrogens with one attached hydrogen (secondary N) is 2. The van der Waals surface area contributed by atoms with Crippen LogP contribution in [0.4, 0.5) is 5.69 Å². The van der Waals surface area contributed by atoms with Crippen LogP contribution in [0.25, 0.3) is 0 Å². The molecular weight excluding hydrogens is 354 g/mol. The summed E-state index contributed by atoms with van der Waals surface area (Å²) in [6, 6.07) is 5.71. The zero-order chi connectivity index (χ0) is 18.6. The molecule has 1 aromatic rings. The van der Waals surface area contributed by atoms with E-state index in [1.54, 1.807) is 0 Å². The van der Waals surface area contributed by atoms with E-state index in [2.05, 4.69) is 15.6 Å². The molecule has 1 aliphatic carbocycles. The standard InChI is InChI=1S/C18H27N3O4S/c1-3-19-17(20-12-18(7-8-18)13-26(2,22)23)21-14-5-6-15-16(11-14)25-10-4-9-24-15/h5-6,11H,3-4,7-10,12-13H2,1-2H3,(H2,19,20,21). The van der Waals surface area contributed by atoms with Gasteiger partial charge in [-0.2, -0.15) is 0 Å². The second-order valence-corrected chi connectivity index (χ2v) is 9.24. The summed E-state index contributed by atoms with van der Waals surface area (Å²) >= 11 is 0. The lowest BCUT2D eigenvalue weighted by molar-refractivity contribution is 0.297. The summed E-state index contributed by atoms with van der Waals surface area (Å²) in [5.74, 6) is 2.31. The van der Waals surface area contributed by atoms with Crippen molar-refractivity contribution in [3.8, 4) is 11.5 Å². The van der Waals surface area contributed by atoms with Crippen molar-refractivity contribution in [2.75, 3.05) is 43.6 Å². The van der Waals surface area contributed by atoms with Crippen LogP contribution in [0.2, 0.25) is 0 Å². The third-order valence-electron chi connectivity index (χ3n) is 4.45. The molecule has 0 unspecified atom stereocenters. The average molecular weight is 381 g/mol. The number of nitrogens with zero attached hydrogens (tertiary/aromatic N) is 1. The van der Waals surface area contributed by atoms with Gasteiger partial charge in [0.05, 0.1) is 19.0 Å². The minimum Gasteiger partial charge on any atom is -0.490 e. The third kappa shape index (κ3) is 5.27. The molecule has 0 bridgehead atoms. The number of hydrogen-bond acceptors (Lipinski definition) is 5. The lowest BCUT2D eigenvalue weighted by Gasteiger charge is -2.16. The number of benzene rings is 1. The van der Waals surface area contributed by atoms with Crippen molar-refractivity contribution in [2.24, 2.45) is 10.4 Å². The second-order valence-electron chi connectivity index (χ2n) is 7.10. The van der Waals surface area contributed by atoms with Crippen LogP contribution in [0.15, 0.2) is 23.2 Å². The first kappa shape index (κ1) is 18.8. The minimum atomic E-state index is -2.99. The summed E-state index contributed by atoms with van der Waals surface area (Å²) in [4.78, 5) is 4.62. The van der Waals surface area contributed by atoms with Gasteiger partial charge in [0.15, 0.2) is 17.5 Å².